The second-order valence-corrected chi connectivity index (χ2v) is 3.62. The zero-order valence-electron chi connectivity index (χ0n) is 7.83. The van der Waals surface area contributed by atoms with Crippen molar-refractivity contribution < 1.29 is 0 Å². The molecule has 2 atom stereocenters. The first kappa shape index (κ1) is 8.60. The standard InChI is InChI=1S/C9H18N2/c1-7(2)9(4)11-8(3)5-6-10-11/h5-10H,1-4H3. The molecule has 0 saturated heterocycles. The maximum Gasteiger partial charge on any atom is 0.0463 e. The maximum atomic E-state index is 3.24. The molecule has 0 radical (unpaired) electrons. The molecular weight excluding hydrogens is 136 g/mol. The average Bonchev–Trinajstić information content (AvgIpc) is 2.33. The molecule has 0 bridgehead atoms. The average molecular weight is 154 g/mol. The smallest absolute Gasteiger partial charge is 0.0463 e. The molecule has 1 aliphatic heterocycles. The first-order valence-electron chi connectivity index (χ1n) is 4.34. The summed E-state index contributed by atoms with van der Waals surface area (Å²) in [6.45, 7) is 8.95. The summed E-state index contributed by atoms with van der Waals surface area (Å²) in [5.74, 6) is 0.699. The van der Waals surface area contributed by atoms with E-state index in [2.05, 4.69) is 44.2 Å². The van der Waals surface area contributed by atoms with Crippen molar-refractivity contribution in [2.75, 3.05) is 0 Å². The molecule has 1 rings (SSSR count). The lowest BCUT2D eigenvalue weighted by atomic mass is 10.1. The first-order chi connectivity index (χ1) is 5.13. The molecule has 0 fully saturated rings. The highest BCUT2D eigenvalue weighted by Gasteiger charge is 2.22. The molecular formula is C9H18N2. The van der Waals surface area contributed by atoms with Gasteiger partial charge in [-0.3, -0.25) is 0 Å². The number of hydrogen-bond donors (Lipinski definition) is 1. The van der Waals surface area contributed by atoms with Crippen LogP contribution in [0.2, 0.25) is 0 Å². The zero-order chi connectivity index (χ0) is 8.43. The highest BCUT2D eigenvalue weighted by atomic mass is 15.5. The van der Waals surface area contributed by atoms with E-state index in [1.165, 1.54) is 0 Å². The van der Waals surface area contributed by atoms with E-state index in [1.54, 1.807) is 0 Å². The van der Waals surface area contributed by atoms with Gasteiger partial charge in [0.25, 0.3) is 0 Å². The monoisotopic (exact) mass is 154 g/mol. The molecule has 11 heavy (non-hydrogen) atoms. The quantitative estimate of drug-likeness (QED) is 0.652. The second kappa shape index (κ2) is 3.26. The molecule has 0 aliphatic carbocycles. The lowest BCUT2D eigenvalue weighted by molar-refractivity contribution is 0.118. The van der Waals surface area contributed by atoms with Crippen molar-refractivity contribution >= 4 is 0 Å². The predicted octanol–water partition coefficient (Wildman–Crippen LogP) is 1.75. The van der Waals surface area contributed by atoms with Crippen LogP contribution in [0.3, 0.4) is 0 Å². The summed E-state index contributed by atoms with van der Waals surface area (Å²) < 4.78 is 0. The van der Waals surface area contributed by atoms with Crippen LogP contribution in [0.25, 0.3) is 0 Å². The Morgan fingerprint density at radius 3 is 2.36 bits per heavy atom. The van der Waals surface area contributed by atoms with Crippen molar-refractivity contribution in [2.45, 2.75) is 39.8 Å². The molecule has 2 unspecified atom stereocenters. The third kappa shape index (κ3) is 1.74. The Morgan fingerprint density at radius 1 is 1.36 bits per heavy atom. The Kier molecular flexibility index (Phi) is 2.55. The zero-order valence-corrected chi connectivity index (χ0v) is 7.83. The van der Waals surface area contributed by atoms with Crippen molar-refractivity contribution in [1.29, 1.82) is 0 Å². The molecule has 1 heterocycles. The van der Waals surface area contributed by atoms with Crippen LogP contribution in [0.4, 0.5) is 0 Å². The topological polar surface area (TPSA) is 15.3 Å². The molecule has 0 aromatic heterocycles. The summed E-state index contributed by atoms with van der Waals surface area (Å²) in [7, 11) is 0. The van der Waals surface area contributed by atoms with Gasteiger partial charge in [-0.2, -0.15) is 0 Å². The maximum absolute atomic E-state index is 3.24. The van der Waals surface area contributed by atoms with Crippen LogP contribution in [0.15, 0.2) is 12.3 Å². The predicted molar refractivity (Wildman–Crippen MR) is 47.9 cm³/mol. The van der Waals surface area contributed by atoms with Crippen molar-refractivity contribution in [3.63, 3.8) is 0 Å². The SMILES string of the molecule is CC(C)C(C)N1NC=CC1C. The fraction of sp³-hybridized carbons (Fsp3) is 0.778. The van der Waals surface area contributed by atoms with Gasteiger partial charge in [0.05, 0.1) is 0 Å². The number of nitrogens with one attached hydrogen (secondary N) is 1. The van der Waals surface area contributed by atoms with Gasteiger partial charge in [0.1, 0.15) is 0 Å². The molecule has 0 spiro atoms. The molecule has 2 nitrogen and oxygen atoms in total. The highest BCUT2D eigenvalue weighted by molar-refractivity contribution is 4.97. The Morgan fingerprint density at radius 2 is 2.00 bits per heavy atom. The summed E-state index contributed by atoms with van der Waals surface area (Å²) in [5.41, 5.74) is 3.24. The Bertz CT molecular complexity index is 152. The van der Waals surface area contributed by atoms with E-state index in [1.807, 2.05) is 6.20 Å². The molecule has 0 saturated carbocycles. The third-order valence-electron chi connectivity index (χ3n) is 2.44. The van der Waals surface area contributed by atoms with Crippen LogP contribution in [0.1, 0.15) is 27.7 Å². The Labute approximate surface area is 69.2 Å². The lowest BCUT2D eigenvalue weighted by Gasteiger charge is -2.31. The highest BCUT2D eigenvalue weighted by Crippen LogP contribution is 2.14. The fourth-order valence-corrected chi connectivity index (χ4v) is 1.29. The molecule has 0 aromatic carbocycles. The van der Waals surface area contributed by atoms with Gasteiger partial charge in [-0.15, -0.1) is 0 Å². The third-order valence-corrected chi connectivity index (χ3v) is 2.44. The van der Waals surface area contributed by atoms with Gasteiger partial charge >= 0.3 is 0 Å². The number of hydrazine groups is 1. The molecule has 1 aliphatic rings. The molecule has 64 valence electrons. The largest absolute Gasteiger partial charge is 0.326 e. The van der Waals surface area contributed by atoms with Gasteiger partial charge in [-0.25, -0.2) is 5.01 Å². The van der Waals surface area contributed by atoms with E-state index in [0.29, 0.717) is 18.0 Å². The molecule has 2 heteroatoms. The van der Waals surface area contributed by atoms with Crippen LogP contribution in [-0.4, -0.2) is 17.1 Å². The summed E-state index contributed by atoms with van der Waals surface area (Å²) in [4.78, 5) is 0. The minimum atomic E-state index is 0.535. The van der Waals surface area contributed by atoms with Crippen molar-refractivity contribution in [3.05, 3.63) is 12.3 Å². The van der Waals surface area contributed by atoms with E-state index in [9.17, 15) is 0 Å². The number of rotatable bonds is 2. The lowest BCUT2D eigenvalue weighted by Crippen LogP contribution is -2.45. The first-order valence-corrected chi connectivity index (χ1v) is 4.34. The van der Waals surface area contributed by atoms with E-state index in [0.717, 1.165) is 0 Å². The Hall–Kier alpha value is -0.500. The van der Waals surface area contributed by atoms with E-state index in [-0.39, 0.29) is 0 Å². The van der Waals surface area contributed by atoms with Gasteiger partial charge in [-0.1, -0.05) is 13.8 Å². The van der Waals surface area contributed by atoms with Gasteiger partial charge in [-0.05, 0) is 25.8 Å². The molecule has 1 N–H and O–H groups in total. The van der Waals surface area contributed by atoms with Gasteiger partial charge in [0.15, 0.2) is 0 Å². The minimum absolute atomic E-state index is 0.535. The van der Waals surface area contributed by atoms with Crippen LogP contribution in [-0.2, 0) is 0 Å². The number of nitrogens with zero attached hydrogens (tertiary/aromatic N) is 1. The van der Waals surface area contributed by atoms with Gasteiger partial charge in [0.2, 0.25) is 0 Å². The van der Waals surface area contributed by atoms with E-state index in [4.69, 9.17) is 0 Å². The fourth-order valence-electron chi connectivity index (χ4n) is 1.29. The summed E-state index contributed by atoms with van der Waals surface area (Å²) >= 11 is 0. The van der Waals surface area contributed by atoms with E-state index >= 15 is 0 Å². The van der Waals surface area contributed by atoms with Crippen LogP contribution in [0.5, 0.6) is 0 Å². The van der Waals surface area contributed by atoms with Crippen LogP contribution in [0, 0.1) is 5.92 Å². The Balaban J connectivity index is 2.48. The normalized spacial score (nSPS) is 27.5. The van der Waals surface area contributed by atoms with Crippen LogP contribution < -0.4 is 5.43 Å². The van der Waals surface area contributed by atoms with Gasteiger partial charge < -0.3 is 5.43 Å². The molecule has 0 aromatic rings. The summed E-state index contributed by atoms with van der Waals surface area (Å²) in [6.07, 6.45) is 4.20. The van der Waals surface area contributed by atoms with E-state index < -0.39 is 0 Å². The van der Waals surface area contributed by atoms with Crippen molar-refractivity contribution in [2.24, 2.45) is 5.92 Å². The second-order valence-electron chi connectivity index (χ2n) is 3.62. The minimum Gasteiger partial charge on any atom is -0.326 e. The van der Waals surface area contributed by atoms with Crippen molar-refractivity contribution in [1.82, 2.24) is 10.4 Å². The van der Waals surface area contributed by atoms with Gasteiger partial charge in [0, 0.05) is 18.3 Å². The molecule has 0 amide bonds. The number of hydrogen-bond acceptors (Lipinski definition) is 2. The summed E-state index contributed by atoms with van der Waals surface area (Å²) in [6, 6.07) is 1.13. The summed E-state index contributed by atoms with van der Waals surface area (Å²) in [5, 5.41) is 2.28. The van der Waals surface area contributed by atoms with Crippen molar-refractivity contribution in [3.8, 4) is 0 Å². The van der Waals surface area contributed by atoms with Crippen LogP contribution >= 0.6 is 0 Å².